The summed E-state index contributed by atoms with van der Waals surface area (Å²) in [7, 11) is 2.09. The molecular weight excluding hydrogens is 153 g/mol. The summed E-state index contributed by atoms with van der Waals surface area (Å²) in [6.07, 6.45) is 0.686. The molecule has 1 nitrogen and oxygen atoms in total. The predicted molar refractivity (Wildman–Crippen MR) is 50.1 cm³/mol. The molecule has 0 spiro atoms. The Morgan fingerprint density at radius 1 is 1.08 bits per heavy atom. The highest BCUT2D eigenvalue weighted by Crippen LogP contribution is 2.37. The van der Waals surface area contributed by atoms with Crippen LogP contribution in [0.15, 0.2) is 0 Å². The molecule has 12 heavy (non-hydrogen) atoms. The average molecular weight is 173 g/mol. The van der Waals surface area contributed by atoms with Crippen molar-refractivity contribution in [2.75, 3.05) is 7.05 Å². The minimum absolute atomic E-state index is 0.00116. The highest BCUT2D eigenvalue weighted by molar-refractivity contribution is 4.98. The summed E-state index contributed by atoms with van der Waals surface area (Å²) >= 11 is 0. The first-order chi connectivity index (χ1) is 5.26. The van der Waals surface area contributed by atoms with Crippen molar-refractivity contribution in [2.45, 2.75) is 57.8 Å². The molecule has 1 saturated heterocycles. The molecule has 0 radical (unpaired) electrons. The Bertz CT molecular complexity index is 157. The van der Waals surface area contributed by atoms with Gasteiger partial charge in [-0.05, 0) is 47.6 Å². The number of piperidine rings is 1. The van der Waals surface area contributed by atoms with Crippen LogP contribution < -0.4 is 0 Å². The van der Waals surface area contributed by atoms with Gasteiger partial charge in [0.2, 0.25) is 0 Å². The van der Waals surface area contributed by atoms with E-state index in [1.54, 1.807) is 0 Å². The summed E-state index contributed by atoms with van der Waals surface area (Å²) in [5.41, 5.74) is 0.00231. The maximum Gasteiger partial charge on any atom is 0.104 e. The fraction of sp³-hybridized carbons (Fsp3) is 1.00. The van der Waals surface area contributed by atoms with Gasteiger partial charge in [-0.1, -0.05) is 0 Å². The SMILES string of the molecule is CN1C(C)(C)CC(F)CC1(C)C. The van der Waals surface area contributed by atoms with Crippen molar-refractivity contribution in [1.82, 2.24) is 4.90 Å². The lowest BCUT2D eigenvalue weighted by atomic mass is 9.79. The van der Waals surface area contributed by atoms with Crippen molar-refractivity contribution in [2.24, 2.45) is 0 Å². The van der Waals surface area contributed by atoms with E-state index in [0.717, 1.165) is 0 Å². The van der Waals surface area contributed by atoms with Gasteiger partial charge in [-0.25, -0.2) is 4.39 Å². The summed E-state index contributed by atoms with van der Waals surface area (Å²) in [4.78, 5) is 2.29. The molecule has 0 bridgehead atoms. The van der Waals surface area contributed by atoms with Gasteiger partial charge in [0, 0.05) is 11.1 Å². The number of halogens is 1. The van der Waals surface area contributed by atoms with Crippen LogP contribution in [0.2, 0.25) is 0 Å². The molecule has 0 aromatic carbocycles. The van der Waals surface area contributed by atoms with E-state index in [9.17, 15) is 4.39 Å². The van der Waals surface area contributed by atoms with Crippen molar-refractivity contribution >= 4 is 0 Å². The fourth-order valence-electron chi connectivity index (χ4n) is 2.25. The van der Waals surface area contributed by atoms with Crippen LogP contribution >= 0.6 is 0 Å². The van der Waals surface area contributed by atoms with E-state index in [-0.39, 0.29) is 11.1 Å². The van der Waals surface area contributed by atoms with E-state index in [4.69, 9.17) is 0 Å². The Labute approximate surface area is 74.9 Å². The first kappa shape index (κ1) is 9.97. The monoisotopic (exact) mass is 173 g/mol. The molecule has 0 saturated carbocycles. The van der Waals surface area contributed by atoms with Gasteiger partial charge in [0.25, 0.3) is 0 Å². The van der Waals surface area contributed by atoms with Crippen molar-refractivity contribution in [3.63, 3.8) is 0 Å². The second-order valence-corrected chi connectivity index (χ2v) is 5.19. The highest BCUT2D eigenvalue weighted by Gasteiger charge is 2.42. The lowest BCUT2D eigenvalue weighted by Crippen LogP contribution is -2.59. The smallest absolute Gasteiger partial charge is 0.104 e. The molecule has 1 aliphatic heterocycles. The zero-order chi connectivity index (χ0) is 9.57. The molecule has 0 aliphatic carbocycles. The molecule has 0 atom stereocenters. The minimum Gasteiger partial charge on any atom is -0.296 e. The predicted octanol–water partition coefficient (Wildman–Crippen LogP) is 2.61. The van der Waals surface area contributed by atoms with Gasteiger partial charge in [0.1, 0.15) is 6.17 Å². The fourth-order valence-corrected chi connectivity index (χ4v) is 2.25. The number of hydrogen-bond donors (Lipinski definition) is 0. The van der Waals surface area contributed by atoms with Crippen molar-refractivity contribution in [3.8, 4) is 0 Å². The summed E-state index contributed by atoms with van der Waals surface area (Å²) in [5, 5.41) is 0. The van der Waals surface area contributed by atoms with E-state index in [1.807, 2.05) is 0 Å². The summed E-state index contributed by atoms with van der Waals surface area (Å²) in [5.74, 6) is 0. The third-order valence-corrected chi connectivity index (χ3v) is 3.26. The standard InChI is InChI=1S/C10H20FN/c1-9(2)6-8(11)7-10(3,4)12(9)5/h8H,6-7H2,1-5H3. The third kappa shape index (κ3) is 1.63. The quantitative estimate of drug-likeness (QED) is 0.544. The molecule has 1 aliphatic rings. The number of nitrogens with zero attached hydrogens (tertiary/aromatic N) is 1. The molecule has 1 rings (SSSR count). The molecule has 1 heterocycles. The lowest BCUT2D eigenvalue weighted by Gasteiger charge is -2.51. The first-order valence-electron chi connectivity index (χ1n) is 4.64. The van der Waals surface area contributed by atoms with Crippen LogP contribution in [-0.2, 0) is 0 Å². The van der Waals surface area contributed by atoms with E-state index in [1.165, 1.54) is 0 Å². The van der Waals surface area contributed by atoms with E-state index >= 15 is 0 Å². The molecule has 1 fully saturated rings. The van der Waals surface area contributed by atoms with Gasteiger partial charge in [-0.2, -0.15) is 0 Å². The Morgan fingerprint density at radius 2 is 1.42 bits per heavy atom. The average Bonchev–Trinajstić information content (AvgIpc) is 1.80. The van der Waals surface area contributed by atoms with Crippen LogP contribution in [0.1, 0.15) is 40.5 Å². The Morgan fingerprint density at radius 3 is 1.75 bits per heavy atom. The van der Waals surface area contributed by atoms with Crippen molar-refractivity contribution < 1.29 is 4.39 Å². The van der Waals surface area contributed by atoms with Crippen LogP contribution in [-0.4, -0.2) is 29.2 Å². The number of alkyl halides is 1. The van der Waals surface area contributed by atoms with Gasteiger partial charge < -0.3 is 0 Å². The molecule has 0 amide bonds. The van der Waals surface area contributed by atoms with Gasteiger partial charge in [-0.15, -0.1) is 0 Å². The Hall–Kier alpha value is -0.110. The van der Waals surface area contributed by atoms with E-state index in [0.29, 0.717) is 12.8 Å². The summed E-state index contributed by atoms with van der Waals surface area (Å²) < 4.78 is 13.3. The second kappa shape index (κ2) is 2.69. The second-order valence-electron chi connectivity index (χ2n) is 5.19. The molecular formula is C10H20FN. The van der Waals surface area contributed by atoms with Gasteiger partial charge >= 0.3 is 0 Å². The molecule has 0 unspecified atom stereocenters. The van der Waals surface area contributed by atoms with Crippen molar-refractivity contribution in [1.29, 1.82) is 0 Å². The number of hydrogen-bond acceptors (Lipinski definition) is 1. The van der Waals surface area contributed by atoms with Crippen molar-refractivity contribution in [3.05, 3.63) is 0 Å². The van der Waals surface area contributed by atoms with E-state index < -0.39 is 6.17 Å². The highest BCUT2D eigenvalue weighted by atomic mass is 19.1. The molecule has 2 heteroatoms. The summed E-state index contributed by atoms with van der Waals surface area (Å²) in [6.45, 7) is 8.45. The molecule has 0 N–H and O–H groups in total. The van der Waals surface area contributed by atoms with Crippen LogP contribution in [0.25, 0.3) is 0 Å². The number of rotatable bonds is 0. The maximum atomic E-state index is 13.3. The first-order valence-corrected chi connectivity index (χ1v) is 4.64. The lowest BCUT2D eigenvalue weighted by molar-refractivity contribution is -0.0386. The molecule has 72 valence electrons. The maximum absolute atomic E-state index is 13.3. The van der Waals surface area contributed by atoms with Gasteiger partial charge in [0.15, 0.2) is 0 Å². The van der Waals surface area contributed by atoms with Gasteiger partial charge in [-0.3, -0.25) is 4.90 Å². The molecule has 0 aromatic rings. The van der Waals surface area contributed by atoms with Crippen LogP contribution in [0.4, 0.5) is 4.39 Å². The van der Waals surface area contributed by atoms with E-state index in [2.05, 4.69) is 39.6 Å². The van der Waals surface area contributed by atoms with Crippen LogP contribution in [0, 0.1) is 0 Å². The Balaban J connectivity index is 2.84. The van der Waals surface area contributed by atoms with Crippen LogP contribution in [0.5, 0.6) is 0 Å². The largest absolute Gasteiger partial charge is 0.296 e. The zero-order valence-corrected chi connectivity index (χ0v) is 8.82. The molecule has 0 aromatic heterocycles. The summed E-state index contributed by atoms with van der Waals surface area (Å²) in [6, 6.07) is 0. The zero-order valence-electron chi connectivity index (χ0n) is 8.82. The topological polar surface area (TPSA) is 3.24 Å². The number of likely N-dealkylation sites (tertiary alicyclic amines) is 1. The Kier molecular flexibility index (Phi) is 2.24. The normalized spacial score (nSPS) is 30.5. The minimum atomic E-state index is -0.633. The van der Waals surface area contributed by atoms with Gasteiger partial charge in [0.05, 0.1) is 0 Å². The van der Waals surface area contributed by atoms with Crippen LogP contribution in [0.3, 0.4) is 0 Å². The third-order valence-electron chi connectivity index (χ3n) is 3.26.